The van der Waals surface area contributed by atoms with Crippen LogP contribution in [0.5, 0.6) is 5.75 Å². The number of benzene rings is 1. The molecule has 1 aliphatic rings. The molecule has 0 spiro atoms. The molecule has 1 aromatic carbocycles. The Bertz CT molecular complexity index is 619. The predicted octanol–water partition coefficient (Wildman–Crippen LogP) is 3.16. The first-order valence-corrected chi connectivity index (χ1v) is 8.29. The molecule has 2 aromatic rings. The molecule has 3 rings (SSSR count). The van der Waals surface area contributed by atoms with Gasteiger partial charge in [-0.25, -0.2) is 0 Å². The van der Waals surface area contributed by atoms with Crippen molar-refractivity contribution < 1.29 is 4.74 Å². The van der Waals surface area contributed by atoms with E-state index in [1.54, 1.807) is 7.11 Å². The zero-order chi connectivity index (χ0) is 16.1. The van der Waals surface area contributed by atoms with E-state index in [9.17, 15) is 0 Å². The van der Waals surface area contributed by atoms with Crippen LogP contribution in [0, 0.1) is 6.92 Å². The second-order valence-corrected chi connectivity index (χ2v) is 6.11. The van der Waals surface area contributed by atoms with Gasteiger partial charge < -0.3 is 15.0 Å². The zero-order valence-corrected chi connectivity index (χ0v) is 14.0. The number of pyridine rings is 1. The van der Waals surface area contributed by atoms with Crippen molar-refractivity contribution in [2.45, 2.75) is 32.4 Å². The molecule has 4 nitrogen and oxygen atoms in total. The lowest BCUT2D eigenvalue weighted by molar-refractivity contribution is 0.409. The number of anilines is 1. The Labute approximate surface area is 138 Å². The Balaban J connectivity index is 1.49. The third-order valence-electron chi connectivity index (χ3n) is 4.61. The standard InChI is InChI=1S/C19H25N3O/c1-15-4-3-11-20-19(15)14-21-16-9-12-22(13-10-16)17-5-7-18(23-2)8-6-17/h3-8,11,16,21H,9-10,12-14H2,1-2H3. The lowest BCUT2D eigenvalue weighted by atomic mass is 10.0. The Morgan fingerprint density at radius 3 is 2.57 bits per heavy atom. The van der Waals surface area contributed by atoms with Crippen LogP contribution in [-0.4, -0.2) is 31.2 Å². The van der Waals surface area contributed by atoms with E-state index in [1.807, 2.05) is 24.4 Å². The van der Waals surface area contributed by atoms with Gasteiger partial charge >= 0.3 is 0 Å². The minimum absolute atomic E-state index is 0.575. The minimum Gasteiger partial charge on any atom is -0.497 e. The SMILES string of the molecule is COc1ccc(N2CCC(NCc3ncccc3C)CC2)cc1. The highest BCUT2D eigenvalue weighted by Gasteiger charge is 2.19. The molecule has 23 heavy (non-hydrogen) atoms. The van der Waals surface area contributed by atoms with Crippen molar-refractivity contribution in [2.75, 3.05) is 25.1 Å². The summed E-state index contributed by atoms with van der Waals surface area (Å²) >= 11 is 0. The molecule has 0 unspecified atom stereocenters. The summed E-state index contributed by atoms with van der Waals surface area (Å²) < 4.78 is 5.22. The molecule has 1 aliphatic heterocycles. The second kappa shape index (κ2) is 7.47. The molecule has 1 N–H and O–H groups in total. The number of piperidine rings is 1. The molecular formula is C19H25N3O. The van der Waals surface area contributed by atoms with Crippen molar-refractivity contribution in [1.82, 2.24) is 10.3 Å². The number of methoxy groups -OCH3 is 1. The van der Waals surface area contributed by atoms with E-state index < -0.39 is 0 Å². The first kappa shape index (κ1) is 15.8. The fraction of sp³-hybridized carbons (Fsp3) is 0.421. The molecule has 4 heteroatoms. The van der Waals surface area contributed by atoms with E-state index in [-0.39, 0.29) is 0 Å². The average Bonchev–Trinajstić information content (AvgIpc) is 2.62. The number of aromatic nitrogens is 1. The monoisotopic (exact) mass is 311 g/mol. The van der Waals surface area contributed by atoms with Gasteiger partial charge in [0.15, 0.2) is 0 Å². The Hall–Kier alpha value is -2.07. The Morgan fingerprint density at radius 2 is 1.91 bits per heavy atom. The Morgan fingerprint density at radius 1 is 1.17 bits per heavy atom. The van der Waals surface area contributed by atoms with Gasteiger partial charge in [0.1, 0.15) is 5.75 Å². The number of hydrogen-bond donors (Lipinski definition) is 1. The van der Waals surface area contributed by atoms with Crippen LogP contribution in [-0.2, 0) is 6.54 Å². The summed E-state index contributed by atoms with van der Waals surface area (Å²) in [5, 5.41) is 3.66. The number of ether oxygens (including phenoxy) is 1. The smallest absolute Gasteiger partial charge is 0.119 e. The molecule has 0 amide bonds. The van der Waals surface area contributed by atoms with E-state index in [4.69, 9.17) is 4.74 Å². The molecule has 0 saturated carbocycles. The van der Waals surface area contributed by atoms with Crippen LogP contribution in [0.2, 0.25) is 0 Å². The van der Waals surface area contributed by atoms with Crippen molar-refractivity contribution >= 4 is 5.69 Å². The highest BCUT2D eigenvalue weighted by molar-refractivity contribution is 5.49. The van der Waals surface area contributed by atoms with Gasteiger partial charge in [0.05, 0.1) is 12.8 Å². The van der Waals surface area contributed by atoms with Gasteiger partial charge in [-0.1, -0.05) is 6.07 Å². The van der Waals surface area contributed by atoms with E-state index in [1.165, 1.54) is 11.3 Å². The van der Waals surface area contributed by atoms with Gasteiger partial charge in [-0.05, 0) is 55.7 Å². The maximum atomic E-state index is 5.22. The maximum absolute atomic E-state index is 5.22. The molecule has 2 heterocycles. The maximum Gasteiger partial charge on any atom is 0.119 e. The summed E-state index contributed by atoms with van der Waals surface area (Å²) in [6.07, 6.45) is 4.20. The van der Waals surface area contributed by atoms with E-state index in [0.29, 0.717) is 6.04 Å². The summed E-state index contributed by atoms with van der Waals surface area (Å²) in [6, 6.07) is 13.0. The van der Waals surface area contributed by atoms with Crippen LogP contribution in [0.15, 0.2) is 42.6 Å². The topological polar surface area (TPSA) is 37.4 Å². The molecule has 1 aromatic heterocycles. The molecular weight excluding hydrogens is 286 g/mol. The van der Waals surface area contributed by atoms with Gasteiger partial charge in [0.25, 0.3) is 0 Å². The largest absolute Gasteiger partial charge is 0.497 e. The van der Waals surface area contributed by atoms with Crippen LogP contribution in [0.4, 0.5) is 5.69 Å². The Kier molecular flexibility index (Phi) is 5.13. The molecule has 1 saturated heterocycles. The van der Waals surface area contributed by atoms with Crippen LogP contribution in [0.25, 0.3) is 0 Å². The second-order valence-electron chi connectivity index (χ2n) is 6.11. The van der Waals surface area contributed by atoms with Crippen molar-refractivity contribution in [3.63, 3.8) is 0 Å². The lowest BCUT2D eigenvalue weighted by Crippen LogP contribution is -2.42. The third-order valence-corrected chi connectivity index (χ3v) is 4.61. The van der Waals surface area contributed by atoms with Gasteiger partial charge in [-0.3, -0.25) is 4.98 Å². The molecule has 122 valence electrons. The molecule has 0 atom stereocenters. The summed E-state index contributed by atoms with van der Waals surface area (Å²) in [6.45, 7) is 5.16. The van der Waals surface area contributed by atoms with Crippen LogP contribution >= 0.6 is 0 Å². The van der Waals surface area contributed by atoms with Crippen molar-refractivity contribution in [2.24, 2.45) is 0 Å². The normalized spacial score (nSPS) is 15.7. The van der Waals surface area contributed by atoms with E-state index in [0.717, 1.165) is 43.9 Å². The van der Waals surface area contributed by atoms with Gasteiger partial charge in [0, 0.05) is 37.6 Å². The van der Waals surface area contributed by atoms with Gasteiger partial charge in [-0.2, -0.15) is 0 Å². The zero-order valence-electron chi connectivity index (χ0n) is 14.0. The summed E-state index contributed by atoms with van der Waals surface area (Å²) in [7, 11) is 1.70. The van der Waals surface area contributed by atoms with Crippen molar-refractivity contribution in [3.8, 4) is 5.75 Å². The van der Waals surface area contributed by atoms with Crippen LogP contribution < -0.4 is 15.0 Å². The van der Waals surface area contributed by atoms with Crippen molar-refractivity contribution in [3.05, 3.63) is 53.9 Å². The van der Waals surface area contributed by atoms with Gasteiger partial charge in [-0.15, -0.1) is 0 Å². The first-order chi connectivity index (χ1) is 11.3. The number of aryl methyl sites for hydroxylation is 1. The van der Waals surface area contributed by atoms with Gasteiger partial charge in [0.2, 0.25) is 0 Å². The summed E-state index contributed by atoms with van der Waals surface area (Å²) in [4.78, 5) is 6.90. The average molecular weight is 311 g/mol. The molecule has 0 bridgehead atoms. The quantitative estimate of drug-likeness (QED) is 0.920. The third kappa shape index (κ3) is 4.02. The molecule has 1 fully saturated rings. The fourth-order valence-electron chi connectivity index (χ4n) is 3.08. The number of nitrogens with one attached hydrogen (secondary N) is 1. The minimum atomic E-state index is 0.575. The summed E-state index contributed by atoms with van der Waals surface area (Å²) in [5.74, 6) is 0.913. The first-order valence-electron chi connectivity index (χ1n) is 8.29. The predicted molar refractivity (Wildman–Crippen MR) is 94.0 cm³/mol. The highest BCUT2D eigenvalue weighted by atomic mass is 16.5. The number of hydrogen-bond acceptors (Lipinski definition) is 4. The van der Waals surface area contributed by atoms with Crippen LogP contribution in [0.3, 0.4) is 0 Å². The highest BCUT2D eigenvalue weighted by Crippen LogP contribution is 2.23. The van der Waals surface area contributed by atoms with Crippen molar-refractivity contribution in [1.29, 1.82) is 0 Å². The lowest BCUT2D eigenvalue weighted by Gasteiger charge is -2.34. The fourth-order valence-corrected chi connectivity index (χ4v) is 3.08. The molecule has 0 radical (unpaired) electrons. The number of rotatable bonds is 5. The number of nitrogens with zero attached hydrogens (tertiary/aromatic N) is 2. The summed E-state index contributed by atoms with van der Waals surface area (Å²) in [5.41, 5.74) is 3.70. The van der Waals surface area contributed by atoms with E-state index in [2.05, 4.69) is 40.3 Å². The van der Waals surface area contributed by atoms with Crippen LogP contribution in [0.1, 0.15) is 24.1 Å². The van der Waals surface area contributed by atoms with E-state index >= 15 is 0 Å². The molecule has 0 aliphatic carbocycles.